The zero-order valence-electron chi connectivity index (χ0n) is 9.63. The molecular weight excluding hydrogens is 148 g/mol. The zero-order chi connectivity index (χ0) is 10.1. The van der Waals surface area contributed by atoms with E-state index in [1.54, 1.807) is 7.05 Å². The van der Waals surface area contributed by atoms with Crippen molar-refractivity contribution in [1.29, 1.82) is 0 Å². The van der Waals surface area contributed by atoms with Gasteiger partial charge in [0.15, 0.2) is 0 Å². The third-order valence-electron chi connectivity index (χ3n) is 1.44. The second-order valence-corrected chi connectivity index (χ2v) is 3.01. The largest absolute Gasteiger partial charge is 0.358 e. The molecule has 0 rings (SSSR count). The van der Waals surface area contributed by atoms with Crippen molar-refractivity contribution in [2.75, 3.05) is 7.05 Å². The Morgan fingerprint density at radius 1 is 1.00 bits per heavy atom. The molecule has 0 amide bonds. The number of hydrogen-bond donors (Lipinski definition) is 0. The predicted molar refractivity (Wildman–Crippen MR) is 57.9 cm³/mol. The highest BCUT2D eigenvalue weighted by molar-refractivity contribution is 5.55. The molecule has 0 spiro atoms. The number of rotatable bonds is 3. The molecule has 0 saturated heterocycles. The first-order valence-electron chi connectivity index (χ1n) is 4.79. The maximum Gasteiger partial charge on any atom is 0.0850 e. The van der Waals surface area contributed by atoms with Crippen LogP contribution >= 0.6 is 0 Å². The van der Waals surface area contributed by atoms with Crippen LogP contribution in [-0.2, 0) is 0 Å². The molecule has 0 unspecified atom stereocenters. The van der Waals surface area contributed by atoms with Crippen molar-refractivity contribution in [2.24, 2.45) is 4.99 Å². The van der Waals surface area contributed by atoms with E-state index < -0.39 is 0 Å². The highest BCUT2D eigenvalue weighted by atomic mass is 15.2. The van der Waals surface area contributed by atoms with E-state index in [0.717, 1.165) is 0 Å². The van der Waals surface area contributed by atoms with Crippen molar-refractivity contribution < 1.29 is 0 Å². The van der Waals surface area contributed by atoms with Crippen LogP contribution in [0.1, 0.15) is 41.5 Å². The average molecular weight is 172 g/mol. The van der Waals surface area contributed by atoms with E-state index in [1.165, 1.54) is 0 Å². The summed E-state index contributed by atoms with van der Waals surface area (Å²) in [5, 5.41) is 0. The first-order valence-corrected chi connectivity index (χ1v) is 4.79. The second-order valence-electron chi connectivity index (χ2n) is 3.01. The summed E-state index contributed by atoms with van der Waals surface area (Å²) in [6.07, 6.45) is 1.90. The van der Waals surface area contributed by atoms with Gasteiger partial charge in [-0.15, -0.1) is 0 Å². The van der Waals surface area contributed by atoms with Gasteiger partial charge in [0.1, 0.15) is 0 Å². The van der Waals surface area contributed by atoms with Crippen LogP contribution in [0.15, 0.2) is 4.99 Å². The summed E-state index contributed by atoms with van der Waals surface area (Å²) in [7, 11) is 1.80. The van der Waals surface area contributed by atoms with Gasteiger partial charge >= 0.3 is 0 Å². The van der Waals surface area contributed by atoms with Crippen LogP contribution in [0.5, 0.6) is 0 Å². The van der Waals surface area contributed by atoms with Crippen LogP contribution in [-0.4, -0.2) is 30.4 Å². The minimum atomic E-state index is 0.545. The molecule has 0 aliphatic heterocycles. The Kier molecular flexibility index (Phi) is 10.0. The second kappa shape index (κ2) is 8.57. The summed E-state index contributed by atoms with van der Waals surface area (Å²) in [6, 6.07) is 1.09. The van der Waals surface area contributed by atoms with Crippen LogP contribution in [0.3, 0.4) is 0 Å². The van der Waals surface area contributed by atoms with Gasteiger partial charge in [0.2, 0.25) is 0 Å². The summed E-state index contributed by atoms with van der Waals surface area (Å²) in [4.78, 5) is 6.20. The van der Waals surface area contributed by atoms with E-state index in [4.69, 9.17) is 0 Å². The fourth-order valence-corrected chi connectivity index (χ4v) is 0.996. The van der Waals surface area contributed by atoms with Crippen LogP contribution in [0, 0.1) is 0 Å². The molecule has 0 bridgehead atoms. The lowest BCUT2D eigenvalue weighted by atomic mass is 10.2. The van der Waals surface area contributed by atoms with Crippen molar-refractivity contribution in [3.63, 3.8) is 0 Å². The minimum Gasteiger partial charge on any atom is -0.358 e. The fourth-order valence-electron chi connectivity index (χ4n) is 0.996. The van der Waals surface area contributed by atoms with Crippen molar-refractivity contribution in [1.82, 2.24) is 4.90 Å². The summed E-state index contributed by atoms with van der Waals surface area (Å²) < 4.78 is 0. The van der Waals surface area contributed by atoms with E-state index in [9.17, 15) is 0 Å². The fraction of sp³-hybridized carbons (Fsp3) is 0.900. The van der Waals surface area contributed by atoms with Gasteiger partial charge in [0, 0.05) is 19.1 Å². The molecule has 0 heterocycles. The molecule has 0 atom stereocenters. The van der Waals surface area contributed by atoms with Gasteiger partial charge in [-0.3, -0.25) is 4.99 Å². The number of aliphatic imine (C=N–C) groups is 1. The molecule has 0 radical (unpaired) electrons. The minimum absolute atomic E-state index is 0.545. The van der Waals surface area contributed by atoms with Crippen LogP contribution in [0.2, 0.25) is 0 Å². The van der Waals surface area contributed by atoms with Gasteiger partial charge in [-0.1, -0.05) is 13.8 Å². The van der Waals surface area contributed by atoms with Gasteiger partial charge in [-0.2, -0.15) is 0 Å². The zero-order valence-corrected chi connectivity index (χ0v) is 9.63. The SMILES string of the molecule is CC.CN=CN(C(C)C)C(C)C. The van der Waals surface area contributed by atoms with Crippen molar-refractivity contribution >= 4 is 6.34 Å². The maximum absolute atomic E-state index is 3.98. The Balaban J connectivity index is 0. The first kappa shape index (κ1) is 14.0. The topological polar surface area (TPSA) is 15.6 Å². The lowest BCUT2D eigenvalue weighted by Gasteiger charge is -2.27. The predicted octanol–water partition coefficient (Wildman–Crippen LogP) is 2.79. The van der Waals surface area contributed by atoms with Crippen LogP contribution < -0.4 is 0 Å². The van der Waals surface area contributed by atoms with E-state index in [1.807, 2.05) is 20.2 Å². The molecule has 0 aliphatic rings. The Bertz CT molecular complexity index is 98.4. The standard InChI is InChI=1S/C8H18N2.C2H6/c1-7(2)10(6-9-5)8(3)4;1-2/h6-8H,1-5H3;1-2H3. The van der Waals surface area contributed by atoms with Gasteiger partial charge in [-0.25, -0.2) is 0 Å². The van der Waals surface area contributed by atoms with Gasteiger partial charge in [0.25, 0.3) is 0 Å². The summed E-state index contributed by atoms with van der Waals surface area (Å²) in [5.74, 6) is 0. The third-order valence-corrected chi connectivity index (χ3v) is 1.44. The quantitative estimate of drug-likeness (QED) is 0.472. The van der Waals surface area contributed by atoms with E-state index >= 15 is 0 Å². The molecule has 12 heavy (non-hydrogen) atoms. The van der Waals surface area contributed by atoms with Crippen LogP contribution in [0.25, 0.3) is 0 Å². The third kappa shape index (κ3) is 6.20. The Morgan fingerprint density at radius 2 is 1.33 bits per heavy atom. The molecule has 0 saturated carbocycles. The molecule has 0 aromatic rings. The Morgan fingerprint density at radius 3 is 1.42 bits per heavy atom. The molecule has 0 aromatic heterocycles. The molecule has 2 heteroatoms. The monoisotopic (exact) mass is 172 g/mol. The number of nitrogens with zero attached hydrogens (tertiary/aromatic N) is 2. The van der Waals surface area contributed by atoms with Gasteiger partial charge in [-0.05, 0) is 27.7 Å². The lowest BCUT2D eigenvalue weighted by Crippen LogP contribution is -2.35. The smallest absolute Gasteiger partial charge is 0.0850 e. The molecule has 0 aliphatic carbocycles. The molecule has 0 fully saturated rings. The summed E-state index contributed by atoms with van der Waals surface area (Å²) >= 11 is 0. The molecule has 0 N–H and O–H groups in total. The average Bonchev–Trinajstić information content (AvgIpc) is 2.03. The summed E-state index contributed by atoms with van der Waals surface area (Å²) in [6.45, 7) is 12.7. The van der Waals surface area contributed by atoms with Gasteiger partial charge < -0.3 is 4.90 Å². The Labute approximate surface area is 77.7 Å². The van der Waals surface area contributed by atoms with Crippen LogP contribution in [0.4, 0.5) is 0 Å². The molecule has 0 aromatic carbocycles. The highest BCUT2D eigenvalue weighted by Crippen LogP contribution is 2.00. The normalized spacial score (nSPS) is 10.4. The van der Waals surface area contributed by atoms with E-state index in [0.29, 0.717) is 12.1 Å². The van der Waals surface area contributed by atoms with E-state index in [-0.39, 0.29) is 0 Å². The van der Waals surface area contributed by atoms with Crippen molar-refractivity contribution in [2.45, 2.75) is 53.6 Å². The highest BCUT2D eigenvalue weighted by Gasteiger charge is 2.07. The lowest BCUT2D eigenvalue weighted by molar-refractivity contribution is 0.301. The maximum atomic E-state index is 3.98. The summed E-state index contributed by atoms with van der Waals surface area (Å²) in [5.41, 5.74) is 0. The van der Waals surface area contributed by atoms with Crippen molar-refractivity contribution in [3.8, 4) is 0 Å². The molecule has 74 valence electrons. The molecular formula is C10H24N2. The first-order chi connectivity index (χ1) is 5.59. The Hall–Kier alpha value is -0.530. The molecule has 2 nitrogen and oxygen atoms in total. The van der Waals surface area contributed by atoms with Gasteiger partial charge in [0.05, 0.1) is 6.34 Å². The van der Waals surface area contributed by atoms with Crippen molar-refractivity contribution in [3.05, 3.63) is 0 Å². The van der Waals surface area contributed by atoms with E-state index in [2.05, 4.69) is 37.6 Å². The number of hydrogen-bond acceptors (Lipinski definition) is 1.